The van der Waals surface area contributed by atoms with Crippen molar-refractivity contribution >= 4 is 5.97 Å². The summed E-state index contributed by atoms with van der Waals surface area (Å²) in [6.45, 7) is 2.00. The topological polar surface area (TPSA) is 55.8 Å². The number of fused-ring (bicyclic) bond motifs is 1. The Morgan fingerprint density at radius 3 is 2.88 bits per heavy atom. The van der Waals surface area contributed by atoms with Crippen molar-refractivity contribution in [1.29, 1.82) is 0 Å². The van der Waals surface area contributed by atoms with Gasteiger partial charge in [-0.05, 0) is 18.6 Å². The summed E-state index contributed by atoms with van der Waals surface area (Å²) < 4.78 is 10.1. The maximum absolute atomic E-state index is 11.7. The summed E-state index contributed by atoms with van der Waals surface area (Å²) in [5.41, 5.74) is 0.401. The van der Waals surface area contributed by atoms with Gasteiger partial charge in [-0.25, -0.2) is 4.79 Å². The van der Waals surface area contributed by atoms with Gasteiger partial charge >= 0.3 is 5.97 Å². The molecule has 0 amide bonds. The van der Waals surface area contributed by atoms with Gasteiger partial charge in [0.05, 0.1) is 13.7 Å². The standard InChI is InChI=1S/C13H16O4/c1-3-17-12(14)13(15)7-9-5-4-6-11(16-2)10(9)8-13/h4-6,15H,3,7-8H2,1-2H3/t13-/m0/s1. The van der Waals surface area contributed by atoms with Gasteiger partial charge in [0.1, 0.15) is 5.75 Å². The number of rotatable bonds is 3. The lowest BCUT2D eigenvalue weighted by Crippen LogP contribution is -2.41. The fourth-order valence-electron chi connectivity index (χ4n) is 2.25. The van der Waals surface area contributed by atoms with E-state index in [4.69, 9.17) is 9.47 Å². The van der Waals surface area contributed by atoms with Gasteiger partial charge in [0.2, 0.25) is 0 Å². The second-order valence-electron chi connectivity index (χ2n) is 4.20. The molecule has 0 spiro atoms. The Labute approximate surface area is 100 Å². The Hall–Kier alpha value is -1.55. The number of ether oxygens (including phenoxy) is 2. The fraction of sp³-hybridized carbons (Fsp3) is 0.462. The summed E-state index contributed by atoms with van der Waals surface area (Å²) in [5.74, 6) is 0.154. The van der Waals surface area contributed by atoms with Gasteiger partial charge in [0.15, 0.2) is 5.60 Å². The normalized spacial score (nSPS) is 22.1. The Bertz CT molecular complexity index is 441. The van der Waals surface area contributed by atoms with Gasteiger partial charge < -0.3 is 14.6 Å². The molecular formula is C13H16O4. The number of esters is 1. The molecule has 0 heterocycles. The van der Waals surface area contributed by atoms with Crippen LogP contribution in [0.4, 0.5) is 0 Å². The summed E-state index contributed by atoms with van der Waals surface area (Å²) >= 11 is 0. The van der Waals surface area contributed by atoms with E-state index in [1.54, 1.807) is 14.0 Å². The van der Waals surface area contributed by atoms with Crippen LogP contribution >= 0.6 is 0 Å². The lowest BCUT2D eigenvalue weighted by molar-refractivity contribution is -0.163. The molecule has 0 aromatic heterocycles. The Morgan fingerprint density at radius 1 is 1.47 bits per heavy atom. The molecule has 1 N–H and O–H groups in total. The van der Waals surface area contributed by atoms with Crippen LogP contribution in [-0.4, -0.2) is 30.4 Å². The molecule has 0 radical (unpaired) electrons. The van der Waals surface area contributed by atoms with Gasteiger partial charge in [-0.2, -0.15) is 0 Å². The lowest BCUT2D eigenvalue weighted by atomic mass is 10.0. The van der Waals surface area contributed by atoms with Gasteiger partial charge in [-0.3, -0.25) is 0 Å². The SMILES string of the molecule is CCOC(=O)[C@]1(O)Cc2cccc(OC)c2C1. The van der Waals surface area contributed by atoms with E-state index in [2.05, 4.69) is 0 Å². The molecule has 1 aromatic carbocycles. The second kappa shape index (κ2) is 4.37. The molecule has 0 aliphatic heterocycles. The van der Waals surface area contributed by atoms with E-state index in [1.165, 1.54) is 0 Å². The van der Waals surface area contributed by atoms with Gasteiger partial charge in [-0.15, -0.1) is 0 Å². The molecule has 4 nitrogen and oxygen atoms in total. The average molecular weight is 236 g/mol. The monoisotopic (exact) mass is 236 g/mol. The molecule has 1 aliphatic rings. The number of hydrogen-bond acceptors (Lipinski definition) is 4. The van der Waals surface area contributed by atoms with E-state index < -0.39 is 11.6 Å². The summed E-state index contributed by atoms with van der Waals surface area (Å²) in [6, 6.07) is 5.58. The highest BCUT2D eigenvalue weighted by atomic mass is 16.5. The predicted octanol–water partition coefficient (Wildman–Crippen LogP) is 1.09. The van der Waals surface area contributed by atoms with Crippen molar-refractivity contribution < 1.29 is 19.4 Å². The molecule has 2 rings (SSSR count). The van der Waals surface area contributed by atoms with E-state index in [-0.39, 0.29) is 13.0 Å². The van der Waals surface area contributed by atoms with Crippen LogP contribution in [0.25, 0.3) is 0 Å². The van der Waals surface area contributed by atoms with Crippen molar-refractivity contribution in [2.45, 2.75) is 25.4 Å². The maximum Gasteiger partial charge on any atom is 0.338 e. The van der Waals surface area contributed by atoms with Crippen LogP contribution in [-0.2, 0) is 22.4 Å². The number of carbonyl (C=O) groups is 1. The molecule has 0 saturated carbocycles. The van der Waals surface area contributed by atoms with Crippen molar-refractivity contribution in [2.75, 3.05) is 13.7 Å². The highest BCUT2D eigenvalue weighted by molar-refractivity contribution is 5.82. The third-order valence-electron chi connectivity index (χ3n) is 3.06. The highest BCUT2D eigenvalue weighted by Crippen LogP contribution is 2.36. The first-order valence-corrected chi connectivity index (χ1v) is 5.65. The molecule has 17 heavy (non-hydrogen) atoms. The van der Waals surface area contributed by atoms with Crippen molar-refractivity contribution in [3.8, 4) is 5.75 Å². The van der Waals surface area contributed by atoms with Crippen molar-refractivity contribution in [2.24, 2.45) is 0 Å². The van der Waals surface area contributed by atoms with Crippen LogP contribution in [0.5, 0.6) is 5.75 Å². The summed E-state index contributed by atoms with van der Waals surface area (Å²) in [5, 5.41) is 10.3. The van der Waals surface area contributed by atoms with Crippen molar-refractivity contribution in [1.82, 2.24) is 0 Å². The van der Waals surface area contributed by atoms with Gasteiger partial charge in [0.25, 0.3) is 0 Å². The van der Waals surface area contributed by atoms with Crippen LogP contribution in [0.3, 0.4) is 0 Å². The van der Waals surface area contributed by atoms with E-state index >= 15 is 0 Å². The minimum absolute atomic E-state index is 0.255. The first-order valence-electron chi connectivity index (χ1n) is 5.65. The Balaban J connectivity index is 2.29. The number of benzene rings is 1. The van der Waals surface area contributed by atoms with Crippen LogP contribution < -0.4 is 4.74 Å². The van der Waals surface area contributed by atoms with Crippen molar-refractivity contribution in [3.05, 3.63) is 29.3 Å². The molecule has 4 heteroatoms. The Morgan fingerprint density at radius 2 is 2.24 bits per heavy atom. The van der Waals surface area contributed by atoms with Crippen LogP contribution in [0.15, 0.2) is 18.2 Å². The summed E-state index contributed by atoms with van der Waals surface area (Å²) in [7, 11) is 1.58. The molecule has 1 aromatic rings. The molecule has 1 aliphatic carbocycles. The quantitative estimate of drug-likeness (QED) is 0.798. The highest BCUT2D eigenvalue weighted by Gasteiger charge is 2.44. The van der Waals surface area contributed by atoms with E-state index in [0.717, 1.165) is 11.1 Å². The van der Waals surface area contributed by atoms with E-state index in [9.17, 15) is 9.90 Å². The first-order chi connectivity index (χ1) is 8.10. The zero-order valence-corrected chi connectivity index (χ0v) is 10.0. The zero-order chi connectivity index (χ0) is 12.5. The average Bonchev–Trinajstić information content (AvgIpc) is 2.66. The first kappa shape index (κ1) is 11.9. The fourth-order valence-corrected chi connectivity index (χ4v) is 2.25. The lowest BCUT2D eigenvalue weighted by Gasteiger charge is -2.19. The number of carbonyl (C=O) groups excluding carboxylic acids is 1. The largest absolute Gasteiger partial charge is 0.496 e. The minimum Gasteiger partial charge on any atom is -0.496 e. The molecule has 0 unspecified atom stereocenters. The van der Waals surface area contributed by atoms with Crippen molar-refractivity contribution in [3.63, 3.8) is 0 Å². The molecule has 1 atom stereocenters. The number of hydrogen-bond donors (Lipinski definition) is 1. The van der Waals surface area contributed by atoms with Gasteiger partial charge in [0, 0.05) is 18.4 Å². The third-order valence-corrected chi connectivity index (χ3v) is 3.06. The van der Waals surface area contributed by atoms with Crippen LogP contribution in [0.2, 0.25) is 0 Å². The molecular weight excluding hydrogens is 220 g/mol. The zero-order valence-electron chi connectivity index (χ0n) is 10.0. The van der Waals surface area contributed by atoms with Crippen LogP contribution in [0, 0.1) is 0 Å². The van der Waals surface area contributed by atoms with Crippen LogP contribution in [0.1, 0.15) is 18.1 Å². The minimum atomic E-state index is -1.44. The Kier molecular flexibility index (Phi) is 3.07. The predicted molar refractivity (Wildman–Crippen MR) is 62.0 cm³/mol. The smallest absolute Gasteiger partial charge is 0.338 e. The molecule has 0 bridgehead atoms. The molecule has 0 fully saturated rings. The number of methoxy groups -OCH3 is 1. The number of aliphatic hydroxyl groups is 1. The molecule has 92 valence electrons. The van der Waals surface area contributed by atoms with Gasteiger partial charge in [-0.1, -0.05) is 12.1 Å². The second-order valence-corrected chi connectivity index (χ2v) is 4.20. The third kappa shape index (κ3) is 2.00. The molecule has 0 saturated heterocycles. The summed E-state index contributed by atoms with van der Waals surface area (Å²) in [4.78, 5) is 11.7. The van der Waals surface area contributed by atoms with E-state index in [0.29, 0.717) is 12.2 Å². The van der Waals surface area contributed by atoms with E-state index in [1.807, 2.05) is 18.2 Å². The summed E-state index contributed by atoms with van der Waals surface area (Å²) in [6.07, 6.45) is 0.545. The maximum atomic E-state index is 11.7.